The lowest BCUT2D eigenvalue weighted by Crippen LogP contribution is -2.43. The fourth-order valence-electron chi connectivity index (χ4n) is 4.92. The zero-order valence-electron chi connectivity index (χ0n) is 20.7. The van der Waals surface area contributed by atoms with Gasteiger partial charge in [0, 0.05) is 23.6 Å². The maximum absolute atomic E-state index is 13.4. The summed E-state index contributed by atoms with van der Waals surface area (Å²) in [7, 11) is 0. The Balaban J connectivity index is 1.27. The summed E-state index contributed by atoms with van der Waals surface area (Å²) in [4.78, 5) is 21.9. The molecule has 1 amide bonds. The minimum absolute atomic E-state index is 0.00810. The van der Waals surface area contributed by atoms with E-state index < -0.39 is 0 Å². The van der Waals surface area contributed by atoms with Gasteiger partial charge in [0.1, 0.15) is 5.82 Å². The highest BCUT2D eigenvalue weighted by Gasteiger charge is 2.28. The summed E-state index contributed by atoms with van der Waals surface area (Å²) in [6.07, 6.45) is 7.03. The van der Waals surface area contributed by atoms with Crippen molar-refractivity contribution in [2.75, 3.05) is 0 Å². The van der Waals surface area contributed by atoms with Crippen LogP contribution in [0.3, 0.4) is 0 Å². The summed E-state index contributed by atoms with van der Waals surface area (Å²) in [5.74, 6) is 1.63. The first-order valence-electron chi connectivity index (χ1n) is 12.6. The van der Waals surface area contributed by atoms with Crippen molar-refractivity contribution in [2.45, 2.75) is 56.6 Å². The zero-order valence-corrected chi connectivity index (χ0v) is 21.5. The molecule has 2 heterocycles. The van der Waals surface area contributed by atoms with Gasteiger partial charge in [0.05, 0.1) is 23.8 Å². The fraction of sp³-hybridized carbons (Fsp3) is 0.345. The highest BCUT2D eigenvalue weighted by atomic mass is 32.2. The van der Waals surface area contributed by atoms with E-state index in [-0.39, 0.29) is 17.8 Å². The van der Waals surface area contributed by atoms with Crippen LogP contribution in [0.2, 0.25) is 0 Å². The number of pyridine rings is 1. The summed E-state index contributed by atoms with van der Waals surface area (Å²) >= 11 is 1.64. The molecule has 1 aliphatic carbocycles. The van der Waals surface area contributed by atoms with Crippen molar-refractivity contribution in [2.24, 2.45) is 11.8 Å². The van der Waals surface area contributed by atoms with Crippen LogP contribution in [-0.4, -0.2) is 26.5 Å². The molecule has 0 spiro atoms. The number of carbonyl (C=O) groups excluding carboxylic acids is 1. The predicted molar refractivity (Wildman–Crippen MR) is 142 cm³/mol. The van der Waals surface area contributed by atoms with Crippen LogP contribution in [0.1, 0.15) is 54.6 Å². The van der Waals surface area contributed by atoms with E-state index in [9.17, 15) is 9.18 Å². The average Bonchev–Trinajstić information content (AvgIpc) is 3.24. The van der Waals surface area contributed by atoms with Crippen LogP contribution in [-0.2, 0) is 12.3 Å². The molecule has 2 aromatic heterocycles. The molecule has 186 valence electrons. The molecule has 2 aromatic carbocycles. The highest BCUT2D eigenvalue weighted by Crippen LogP contribution is 2.30. The Labute approximate surface area is 215 Å². The van der Waals surface area contributed by atoms with Gasteiger partial charge in [-0.2, -0.15) is 0 Å². The second kappa shape index (κ2) is 10.8. The monoisotopic (exact) mass is 502 g/mol. The predicted octanol–water partition coefficient (Wildman–Crippen LogP) is 6.47. The van der Waals surface area contributed by atoms with E-state index in [4.69, 9.17) is 4.98 Å². The number of rotatable bonds is 7. The number of benzene rings is 2. The summed E-state index contributed by atoms with van der Waals surface area (Å²) < 4.78 is 15.5. The van der Waals surface area contributed by atoms with Crippen LogP contribution < -0.4 is 5.32 Å². The first kappa shape index (κ1) is 24.5. The number of nitrogens with one attached hydrogen (secondary N) is 1. The number of thioether (sulfide) groups is 1. The number of carbonyl (C=O) groups is 1. The summed E-state index contributed by atoms with van der Waals surface area (Å²) in [5, 5.41) is 4.13. The third kappa shape index (κ3) is 5.46. The maximum Gasteiger partial charge on any atom is 0.251 e. The molecule has 7 heteroatoms. The summed E-state index contributed by atoms with van der Waals surface area (Å²) in [6.45, 7) is 5.11. The molecule has 0 radical (unpaired) electrons. The van der Waals surface area contributed by atoms with Gasteiger partial charge in [-0.25, -0.2) is 9.37 Å². The third-order valence-electron chi connectivity index (χ3n) is 7.38. The molecular formula is C29H31FN4OS. The number of aromatic nitrogens is 3. The van der Waals surface area contributed by atoms with Gasteiger partial charge < -0.3 is 9.88 Å². The van der Waals surface area contributed by atoms with Crippen LogP contribution in [0, 0.1) is 17.7 Å². The number of halogens is 1. The van der Waals surface area contributed by atoms with E-state index in [1.54, 1.807) is 30.1 Å². The van der Waals surface area contributed by atoms with Crippen molar-refractivity contribution in [3.05, 3.63) is 89.5 Å². The number of imidazole rings is 1. The van der Waals surface area contributed by atoms with Crippen molar-refractivity contribution < 1.29 is 9.18 Å². The van der Waals surface area contributed by atoms with Gasteiger partial charge in [-0.1, -0.05) is 62.7 Å². The summed E-state index contributed by atoms with van der Waals surface area (Å²) in [5.41, 5.74) is 4.65. The van der Waals surface area contributed by atoms with Gasteiger partial charge in [-0.15, -0.1) is 0 Å². The smallest absolute Gasteiger partial charge is 0.251 e. The maximum atomic E-state index is 13.4. The lowest BCUT2D eigenvalue weighted by Gasteiger charge is -2.34. The first-order chi connectivity index (χ1) is 17.5. The average molecular weight is 503 g/mol. The van der Waals surface area contributed by atoms with Crippen molar-refractivity contribution in [3.63, 3.8) is 0 Å². The molecule has 0 unspecified atom stereocenters. The molecular weight excluding hydrogens is 471 g/mol. The molecule has 1 N–H and O–H groups in total. The van der Waals surface area contributed by atoms with E-state index in [2.05, 4.69) is 28.7 Å². The van der Waals surface area contributed by atoms with Crippen LogP contribution in [0.15, 0.2) is 72.1 Å². The summed E-state index contributed by atoms with van der Waals surface area (Å²) in [6, 6.07) is 16.6. The fourth-order valence-corrected chi connectivity index (χ4v) is 5.89. The number of fused-ring (bicyclic) bond motifs is 1. The Morgan fingerprint density at radius 2 is 1.81 bits per heavy atom. The van der Waals surface area contributed by atoms with Crippen molar-refractivity contribution in [1.82, 2.24) is 19.9 Å². The Bertz CT molecular complexity index is 1340. The van der Waals surface area contributed by atoms with Gasteiger partial charge in [0.25, 0.3) is 5.91 Å². The number of hydrogen-bond donors (Lipinski definition) is 1. The van der Waals surface area contributed by atoms with Gasteiger partial charge in [-0.3, -0.25) is 9.78 Å². The second-order valence-electron chi connectivity index (χ2n) is 9.80. The SMILES string of the molecule is C[C@H]1[C@H](C)CCC[C@H]1NC(=O)c1ccc(CSc2nc3ccncc3n2Cc2ccc(F)cc2)cc1. The molecule has 5 rings (SSSR count). The zero-order chi connectivity index (χ0) is 25.1. The van der Waals surface area contributed by atoms with E-state index >= 15 is 0 Å². The minimum Gasteiger partial charge on any atom is -0.349 e. The second-order valence-corrected chi connectivity index (χ2v) is 10.7. The molecule has 1 fully saturated rings. The minimum atomic E-state index is -0.245. The Kier molecular flexibility index (Phi) is 7.37. The van der Waals surface area contributed by atoms with E-state index in [1.165, 1.54) is 25.0 Å². The normalized spacial score (nSPS) is 19.9. The first-order valence-corrected chi connectivity index (χ1v) is 13.5. The molecule has 0 bridgehead atoms. The third-order valence-corrected chi connectivity index (χ3v) is 8.42. The standard InChI is InChI=1S/C29H31FN4OS/c1-19-4-3-5-25(20(19)2)32-28(35)23-10-6-22(7-11-23)18-36-29-33-26-14-15-31-16-27(26)34(29)17-21-8-12-24(30)13-9-21/h6-16,19-20,25H,3-5,17-18H2,1-2H3,(H,32,35)/t19-,20+,25-/m1/s1. The molecule has 4 aromatic rings. The van der Waals surface area contributed by atoms with Crippen LogP contribution in [0.25, 0.3) is 11.0 Å². The van der Waals surface area contributed by atoms with Crippen molar-refractivity contribution >= 4 is 28.7 Å². The molecule has 1 saturated carbocycles. The topological polar surface area (TPSA) is 59.8 Å². The van der Waals surface area contributed by atoms with Gasteiger partial charge in [0.15, 0.2) is 5.16 Å². The van der Waals surface area contributed by atoms with Crippen molar-refractivity contribution in [1.29, 1.82) is 0 Å². The number of hydrogen-bond acceptors (Lipinski definition) is 4. The Morgan fingerprint density at radius 3 is 2.58 bits per heavy atom. The quantitative estimate of drug-likeness (QED) is 0.295. The molecule has 0 saturated heterocycles. The molecule has 36 heavy (non-hydrogen) atoms. The Morgan fingerprint density at radius 1 is 1.06 bits per heavy atom. The molecule has 3 atom stereocenters. The number of nitrogens with zero attached hydrogens (tertiary/aromatic N) is 3. The molecule has 5 nitrogen and oxygen atoms in total. The van der Waals surface area contributed by atoms with Gasteiger partial charge in [0.2, 0.25) is 0 Å². The largest absolute Gasteiger partial charge is 0.349 e. The number of amides is 1. The lowest BCUT2D eigenvalue weighted by atomic mass is 9.78. The molecule has 1 aliphatic rings. The molecule has 0 aliphatic heterocycles. The van der Waals surface area contributed by atoms with Gasteiger partial charge >= 0.3 is 0 Å². The highest BCUT2D eigenvalue weighted by molar-refractivity contribution is 7.98. The van der Waals surface area contributed by atoms with E-state index in [0.29, 0.717) is 23.9 Å². The lowest BCUT2D eigenvalue weighted by molar-refractivity contribution is 0.0891. The van der Waals surface area contributed by atoms with Crippen LogP contribution in [0.4, 0.5) is 4.39 Å². The van der Waals surface area contributed by atoms with Crippen LogP contribution in [0.5, 0.6) is 0 Å². The van der Waals surface area contributed by atoms with Crippen molar-refractivity contribution in [3.8, 4) is 0 Å². The van der Waals surface area contributed by atoms with E-state index in [0.717, 1.165) is 39.5 Å². The Hall–Kier alpha value is -3.19. The van der Waals surface area contributed by atoms with Crippen LogP contribution >= 0.6 is 11.8 Å². The van der Waals surface area contributed by atoms with E-state index in [1.807, 2.05) is 36.5 Å². The van der Waals surface area contributed by atoms with Gasteiger partial charge in [-0.05, 0) is 59.7 Å².